The SMILES string of the molecule is CCC[C@@H](c1cccc(F)c1C)N1CCNCC1.Cl. The van der Waals surface area contributed by atoms with Crippen LogP contribution in [0.15, 0.2) is 18.2 Å². The molecule has 108 valence electrons. The maximum Gasteiger partial charge on any atom is 0.126 e. The summed E-state index contributed by atoms with van der Waals surface area (Å²) in [6, 6.07) is 5.84. The van der Waals surface area contributed by atoms with E-state index in [0.717, 1.165) is 44.6 Å². The molecule has 1 aromatic rings. The highest BCUT2D eigenvalue weighted by Crippen LogP contribution is 2.29. The molecule has 1 heterocycles. The summed E-state index contributed by atoms with van der Waals surface area (Å²) in [4.78, 5) is 2.49. The first-order valence-corrected chi connectivity index (χ1v) is 6.93. The Kier molecular flexibility index (Phi) is 6.76. The molecular formula is C15H24ClFN2. The van der Waals surface area contributed by atoms with Crippen molar-refractivity contribution in [1.82, 2.24) is 10.2 Å². The summed E-state index contributed by atoms with van der Waals surface area (Å²) in [7, 11) is 0. The van der Waals surface area contributed by atoms with Crippen molar-refractivity contribution in [3.8, 4) is 0 Å². The molecule has 4 heteroatoms. The van der Waals surface area contributed by atoms with Crippen LogP contribution < -0.4 is 5.32 Å². The van der Waals surface area contributed by atoms with E-state index in [9.17, 15) is 4.39 Å². The van der Waals surface area contributed by atoms with Gasteiger partial charge in [0.05, 0.1) is 0 Å². The van der Waals surface area contributed by atoms with Crippen molar-refractivity contribution in [2.45, 2.75) is 32.7 Å². The van der Waals surface area contributed by atoms with Crippen LogP contribution in [0.2, 0.25) is 0 Å². The third-order valence-electron chi connectivity index (χ3n) is 3.82. The lowest BCUT2D eigenvalue weighted by molar-refractivity contribution is 0.164. The van der Waals surface area contributed by atoms with Crippen molar-refractivity contribution >= 4 is 12.4 Å². The van der Waals surface area contributed by atoms with E-state index in [0.29, 0.717) is 6.04 Å². The summed E-state index contributed by atoms with van der Waals surface area (Å²) in [6.45, 7) is 8.28. The third kappa shape index (κ3) is 3.91. The van der Waals surface area contributed by atoms with E-state index in [4.69, 9.17) is 0 Å². The third-order valence-corrected chi connectivity index (χ3v) is 3.82. The number of halogens is 2. The lowest BCUT2D eigenvalue weighted by Gasteiger charge is -2.36. The van der Waals surface area contributed by atoms with Gasteiger partial charge in [-0.25, -0.2) is 4.39 Å². The van der Waals surface area contributed by atoms with Crippen molar-refractivity contribution in [3.63, 3.8) is 0 Å². The number of hydrogen-bond acceptors (Lipinski definition) is 2. The standard InChI is InChI=1S/C15H23FN2.ClH/c1-3-5-15(18-10-8-17-9-11-18)13-6-4-7-14(16)12(13)2;/h4,6-7,15,17H,3,5,8-11H2,1-2H3;1H/t15-;/m0./s1. The van der Waals surface area contributed by atoms with Crippen LogP contribution in [-0.4, -0.2) is 31.1 Å². The van der Waals surface area contributed by atoms with Crippen molar-refractivity contribution in [3.05, 3.63) is 35.1 Å². The van der Waals surface area contributed by atoms with Gasteiger partial charge in [-0.2, -0.15) is 0 Å². The molecule has 1 aliphatic rings. The largest absolute Gasteiger partial charge is 0.314 e. The molecule has 0 amide bonds. The van der Waals surface area contributed by atoms with Gasteiger partial charge in [0.15, 0.2) is 0 Å². The quantitative estimate of drug-likeness (QED) is 0.914. The normalized spacial score (nSPS) is 17.8. The Morgan fingerprint density at radius 3 is 2.63 bits per heavy atom. The molecule has 0 saturated carbocycles. The Morgan fingerprint density at radius 1 is 1.32 bits per heavy atom. The van der Waals surface area contributed by atoms with Crippen molar-refractivity contribution < 1.29 is 4.39 Å². The molecule has 1 fully saturated rings. The van der Waals surface area contributed by atoms with Gasteiger partial charge in [-0.15, -0.1) is 12.4 Å². The van der Waals surface area contributed by atoms with Crippen LogP contribution in [0.1, 0.15) is 36.9 Å². The molecule has 1 saturated heterocycles. The lowest BCUT2D eigenvalue weighted by atomic mass is 9.95. The molecule has 0 aliphatic carbocycles. The molecule has 1 aliphatic heterocycles. The Hall–Kier alpha value is -0.640. The predicted molar refractivity (Wildman–Crippen MR) is 80.5 cm³/mol. The highest BCUT2D eigenvalue weighted by Gasteiger charge is 2.23. The van der Waals surface area contributed by atoms with Gasteiger partial charge in [-0.1, -0.05) is 25.5 Å². The van der Waals surface area contributed by atoms with Gasteiger partial charge in [0.2, 0.25) is 0 Å². The van der Waals surface area contributed by atoms with Crippen LogP contribution in [-0.2, 0) is 0 Å². The Bertz CT molecular complexity index is 392. The number of benzene rings is 1. The molecule has 0 aromatic heterocycles. The summed E-state index contributed by atoms with van der Waals surface area (Å²) >= 11 is 0. The van der Waals surface area contributed by atoms with Crippen LogP contribution >= 0.6 is 12.4 Å². The fourth-order valence-electron chi connectivity index (χ4n) is 2.79. The summed E-state index contributed by atoms with van der Waals surface area (Å²) < 4.78 is 13.7. The molecule has 1 atom stereocenters. The molecule has 1 N–H and O–H groups in total. The Labute approximate surface area is 121 Å². The average molecular weight is 287 g/mol. The van der Waals surface area contributed by atoms with Gasteiger partial charge in [0.25, 0.3) is 0 Å². The molecule has 2 nitrogen and oxygen atoms in total. The second kappa shape index (κ2) is 7.83. The summed E-state index contributed by atoms with van der Waals surface area (Å²) in [5, 5.41) is 3.37. The minimum absolute atomic E-state index is 0. The van der Waals surface area contributed by atoms with Crippen molar-refractivity contribution in [2.24, 2.45) is 0 Å². The number of hydrogen-bond donors (Lipinski definition) is 1. The van der Waals surface area contributed by atoms with Gasteiger partial charge < -0.3 is 5.32 Å². The minimum Gasteiger partial charge on any atom is -0.314 e. The first-order chi connectivity index (χ1) is 8.74. The second-order valence-corrected chi connectivity index (χ2v) is 5.04. The van der Waals surface area contributed by atoms with Gasteiger partial charge in [-0.05, 0) is 30.5 Å². The number of rotatable bonds is 4. The van der Waals surface area contributed by atoms with Crippen LogP contribution in [0.3, 0.4) is 0 Å². The molecule has 1 aromatic carbocycles. The van der Waals surface area contributed by atoms with E-state index in [1.165, 1.54) is 5.56 Å². The second-order valence-electron chi connectivity index (χ2n) is 5.04. The van der Waals surface area contributed by atoms with Crippen LogP contribution in [0.5, 0.6) is 0 Å². The van der Waals surface area contributed by atoms with E-state index < -0.39 is 0 Å². The first kappa shape index (κ1) is 16.4. The molecular weight excluding hydrogens is 263 g/mol. The fourth-order valence-corrected chi connectivity index (χ4v) is 2.79. The summed E-state index contributed by atoms with van der Waals surface area (Å²) in [5.74, 6) is -0.0799. The average Bonchev–Trinajstić information content (AvgIpc) is 2.41. The molecule has 0 bridgehead atoms. The molecule has 0 spiro atoms. The zero-order valence-electron chi connectivity index (χ0n) is 11.8. The number of nitrogens with one attached hydrogen (secondary N) is 1. The topological polar surface area (TPSA) is 15.3 Å². The van der Waals surface area contributed by atoms with Crippen LogP contribution in [0, 0.1) is 12.7 Å². The smallest absolute Gasteiger partial charge is 0.126 e. The Morgan fingerprint density at radius 2 is 2.00 bits per heavy atom. The van der Waals surface area contributed by atoms with E-state index in [1.54, 1.807) is 6.07 Å². The van der Waals surface area contributed by atoms with Crippen molar-refractivity contribution in [2.75, 3.05) is 26.2 Å². The first-order valence-electron chi connectivity index (χ1n) is 6.93. The monoisotopic (exact) mass is 286 g/mol. The van der Waals surface area contributed by atoms with E-state index in [2.05, 4.69) is 23.2 Å². The molecule has 0 unspecified atom stereocenters. The van der Waals surface area contributed by atoms with Gasteiger partial charge in [0.1, 0.15) is 5.82 Å². The minimum atomic E-state index is -0.0799. The maximum absolute atomic E-state index is 13.7. The predicted octanol–water partition coefficient (Wildman–Crippen LogP) is 3.30. The maximum atomic E-state index is 13.7. The zero-order chi connectivity index (χ0) is 13.0. The number of piperazine rings is 1. The molecule has 2 rings (SSSR count). The number of nitrogens with zero attached hydrogens (tertiary/aromatic N) is 1. The Balaban J connectivity index is 0.00000180. The zero-order valence-corrected chi connectivity index (χ0v) is 12.6. The highest BCUT2D eigenvalue weighted by atomic mass is 35.5. The van der Waals surface area contributed by atoms with Crippen LogP contribution in [0.4, 0.5) is 4.39 Å². The highest BCUT2D eigenvalue weighted by molar-refractivity contribution is 5.85. The van der Waals surface area contributed by atoms with E-state index in [1.807, 2.05) is 13.0 Å². The van der Waals surface area contributed by atoms with E-state index in [-0.39, 0.29) is 18.2 Å². The van der Waals surface area contributed by atoms with Crippen LogP contribution in [0.25, 0.3) is 0 Å². The van der Waals surface area contributed by atoms with E-state index >= 15 is 0 Å². The summed E-state index contributed by atoms with van der Waals surface area (Å²) in [6.07, 6.45) is 2.23. The van der Waals surface area contributed by atoms with Gasteiger partial charge in [0, 0.05) is 32.2 Å². The lowest BCUT2D eigenvalue weighted by Crippen LogP contribution is -2.45. The summed E-state index contributed by atoms with van der Waals surface area (Å²) in [5.41, 5.74) is 1.98. The molecule has 19 heavy (non-hydrogen) atoms. The van der Waals surface area contributed by atoms with Crippen molar-refractivity contribution in [1.29, 1.82) is 0 Å². The fraction of sp³-hybridized carbons (Fsp3) is 0.600. The van der Waals surface area contributed by atoms with Gasteiger partial charge in [-0.3, -0.25) is 4.90 Å². The van der Waals surface area contributed by atoms with Gasteiger partial charge >= 0.3 is 0 Å². The molecule has 0 radical (unpaired) electrons.